The van der Waals surface area contributed by atoms with Crippen molar-refractivity contribution in [2.75, 3.05) is 12.8 Å². The van der Waals surface area contributed by atoms with Crippen LogP contribution in [0.25, 0.3) is 0 Å². The molecule has 0 radical (unpaired) electrons. The zero-order chi connectivity index (χ0) is 14.4. The van der Waals surface area contributed by atoms with Crippen molar-refractivity contribution in [3.8, 4) is 0 Å². The van der Waals surface area contributed by atoms with Crippen LogP contribution in [0, 0.1) is 6.92 Å². The van der Waals surface area contributed by atoms with Crippen LogP contribution in [0.5, 0.6) is 0 Å². The summed E-state index contributed by atoms with van der Waals surface area (Å²) in [7, 11) is 0. The molecule has 0 fully saturated rings. The Bertz CT molecular complexity index is 537. The van der Waals surface area contributed by atoms with Crippen molar-refractivity contribution in [1.29, 1.82) is 0 Å². The van der Waals surface area contributed by atoms with Gasteiger partial charge in [0.25, 0.3) is 0 Å². The molecule has 1 aromatic carbocycles. The Hall–Kier alpha value is -1.32. The van der Waals surface area contributed by atoms with Crippen molar-refractivity contribution in [3.05, 3.63) is 59.4 Å². The van der Waals surface area contributed by atoms with Crippen LogP contribution in [-0.2, 0) is 0 Å². The number of rotatable bonds is 6. The molecule has 0 saturated heterocycles. The van der Waals surface area contributed by atoms with E-state index >= 15 is 0 Å². The van der Waals surface area contributed by atoms with Crippen LogP contribution in [0.3, 0.4) is 0 Å². The van der Waals surface area contributed by atoms with Gasteiger partial charge in [0.2, 0.25) is 0 Å². The highest BCUT2D eigenvalue weighted by Crippen LogP contribution is 2.26. The van der Waals surface area contributed by atoms with Crippen molar-refractivity contribution in [3.63, 3.8) is 0 Å². The number of benzene rings is 1. The lowest BCUT2D eigenvalue weighted by molar-refractivity contribution is 0.594. The fourth-order valence-electron chi connectivity index (χ4n) is 2.27. The van der Waals surface area contributed by atoms with Gasteiger partial charge in [-0.15, -0.1) is 11.8 Å². The third-order valence-electron chi connectivity index (χ3n) is 3.44. The van der Waals surface area contributed by atoms with E-state index < -0.39 is 0 Å². The summed E-state index contributed by atoms with van der Waals surface area (Å²) in [6.07, 6.45) is 7.06. The predicted octanol–water partition coefficient (Wildman–Crippen LogP) is 4.20. The maximum atomic E-state index is 4.29. The topological polar surface area (TPSA) is 24.9 Å². The molecule has 1 heterocycles. The fraction of sp³-hybridized carbons (Fsp3) is 0.353. The number of aromatic nitrogens is 1. The number of thioether (sulfide) groups is 1. The molecule has 2 nitrogen and oxygen atoms in total. The highest BCUT2D eigenvalue weighted by atomic mass is 32.2. The minimum atomic E-state index is 0.222. The minimum absolute atomic E-state index is 0.222. The molecule has 2 aromatic rings. The largest absolute Gasteiger partial charge is 0.306 e. The SMILES string of the molecule is CCCNC(c1ccc(SC)cc1)c1cnccc1C. The summed E-state index contributed by atoms with van der Waals surface area (Å²) in [5.74, 6) is 0. The van der Waals surface area contributed by atoms with Gasteiger partial charge in [-0.25, -0.2) is 0 Å². The summed E-state index contributed by atoms with van der Waals surface area (Å²) in [6, 6.07) is 11.1. The van der Waals surface area contributed by atoms with E-state index in [-0.39, 0.29) is 6.04 Å². The lowest BCUT2D eigenvalue weighted by atomic mass is 9.96. The third-order valence-corrected chi connectivity index (χ3v) is 4.18. The Kier molecular flexibility index (Phi) is 5.62. The molecule has 0 saturated carbocycles. The monoisotopic (exact) mass is 286 g/mol. The molecule has 0 aliphatic heterocycles. The zero-order valence-electron chi connectivity index (χ0n) is 12.4. The highest BCUT2D eigenvalue weighted by molar-refractivity contribution is 7.98. The van der Waals surface area contributed by atoms with Crippen molar-refractivity contribution >= 4 is 11.8 Å². The molecule has 0 spiro atoms. The van der Waals surface area contributed by atoms with Crippen molar-refractivity contribution in [1.82, 2.24) is 10.3 Å². The van der Waals surface area contributed by atoms with E-state index in [0.717, 1.165) is 13.0 Å². The molecule has 20 heavy (non-hydrogen) atoms. The first kappa shape index (κ1) is 15.1. The zero-order valence-corrected chi connectivity index (χ0v) is 13.2. The Labute approximate surface area is 126 Å². The van der Waals surface area contributed by atoms with Crippen molar-refractivity contribution < 1.29 is 0 Å². The molecule has 1 unspecified atom stereocenters. The first-order valence-corrected chi connectivity index (χ1v) is 8.26. The second kappa shape index (κ2) is 7.46. The Morgan fingerprint density at radius 1 is 1.20 bits per heavy atom. The molecule has 1 atom stereocenters. The first-order valence-electron chi connectivity index (χ1n) is 7.04. The van der Waals surface area contributed by atoms with E-state index in [1.54, 1.807) is 11.8 Å². The summed E-state index contributed by atoms with van der Waals surface area (Å²) in [4.78, 5) is 5.59. The van der Waals surface area contributed by atoms with Crippen molar-refractivity contribution in [2.45, 2.75) is 31.2 Å². The Balaban J connectivity index is 2.33. The lowest BCUT2D eigenvalue weighted by Crippen LogP contribution is -2.24. The number of hydrogen-bond acceptors (Lipinski definition) is 3. The Morgan fingerprint density at radius 3 is 2.55 bits per heavy atom. The summed E-state index contributed by atoms with van der Waals surface area (Å²) >= 11 is 1.77. The van der Waals surface area contributed by atoms with Crippen LogP contribution >= 0.6 is 11.8 Å². The van der Waals surface area contributed by atoms with Crippen LogP contribution in [0.1, 0.15) is 36.1 Å². The van der Waals surface area contributed by atoms with Crippen LogP contribution in [0.15, 0.2) is 47.6 Å². The third kappa shape index (κ3) is 3.62. The molecule has 0 amide bonds. The van der Waals surface area contributed by atoms with E-state index in [0.29, 0.717) is 0 Å². The molecule has 106 valence electrons. The fourth-order valence-corrected chi connectivity index (χ4v) is 2.68. The van der Waals surface area contributed by atoms with Crippen LogP contribution in [0.2, 0.25) is 0 Å². The average Bonchev–Trinajstić information content (AvgIpc) is 2.50. The normalized spacial score (nSPS) is 12.3. The summed E-state index contributed by atoms with van der Waals surface area (Å²) in [5.41, 5.74) is 3.84. The molecule has 1 aromatic heterocycles. The summed E-state index contributed by atoms with van der Waals surface area (Å²) < 4.78 is 0. The van der Waals surface area contributed by atoms with Gasteiger partial charge in [0.1, 0.15) is 0 Å². The summed E-state index contributed by atoms with van der Waals surface area (Å²) in [5, 5.41) is 3.63. The first-order chi connectivity index (χ1) is 9.76. The van der Waals surface area contributed by atoms with Gasteiger partial charge in [0, 0.05) is 17.3 Å². The van der Waals surface area contributed by atoms with Gasteiger partial charge in [0.15, 0.2) is 0 Å². The van der Waals surface area contributed by atoms with E-state index in [4.69, 9.17) is 0 Å². The van der Waals surface area contributed by atoms with E-state index in [9.17, 15) is 0 Å². The smallest absolute Gasteiger partial charge is 0.0594 e. The van der Waals surface area contributed by atoms with Gasteiger partial charge < -0.3 is 5.32 Å². The summed E-state index contributed by atoms with van der Waals surface area (Å²) in [6.45, 7) is 5.34. The van der Waals surface area contributed by atoms with Crippen LogP contribution in [-0.4, -0.2) is 17.8 Å². The second-order valence-electron chi connectivity index (χ2n) is 4.89. The maximum absolute atomic E-state index is 4.29. The van der Waals surface area contributed by atoms with Gasteiger partial charge in [-0.05, 0) is 61.0 Å². The molecular formula is C17H22N2S. The Morgan fingerprint density at radius 2 is 1.95 bits per heavy atom. The number of nitrogens with one attached hydrogen (secondary N) is 1. The average molecular weight is 286 g/mol. The number of aryl methyl sites for hydroxylation is 1. The molecule has 1 N–H and O–H groups in total. The molecule has 0 aliphatic rings. The van der Waals surface area contributed by atoms with E-state index in [1.807, 2.05) is 12.4 Å². The number of pyridine rings is 1. The van der Waals surface area contributed by atoms with Crippen LogP contribution < -0.4 is 5.32 Å². The second-order valence-corrected chi connectivity index (χ2v) is 5.77. The lowest BCUT2D eigenvalue weighted by Gasteiger charge is -2.21. The molecule has 2 rings (SSSR count). The highest BCUT2D eigenvalue weighted by Gasteiger charge is 2.15. The van der Waals surface area contributed by atoms with Gasteiger partial charge >= 0.3 is 0 Å². The quantitative estimate of drug-likeness (QED) is 0.806. The van der Waals surface area contributed by atoms with Gasteiger partial charge in [-0.2, -0.15) is 0 Å². The van der Waals surface area contributed by atoms with Crippen LogP contribution in [0.4, 0.5) is 0 Å². The molecular weight excluding hydrogens is 264 g/mol. The minimum Gasteiger partial charge on any atom is -0.306 e. The van der Waals surface area contributed by atoms with E-state index in [1.165, 1.54) is 21.6 Å². The van der Waals surface area contributed by atoms with E-state index in [2.05, 4.69) is 60.7 Å². The van der Waals surface area contributed by atoms with Gasteiger partial charge in [-0.3, -0.25) is 4.98 Å². The molecule has 3 heteroatoms. The van der Waals surface area contributed by atoms with Gasteiger partial charge in [0.05, 0.1) is 6.04 Å². The van der Waals surface area contributed by atoms with Crippen molar-refractivity contribution in [2.24, 2.45) is 0 Å². The standard InChI is InChI=1S/C17H22N2S/c1-4-10-19-17(16-12-18-11-9-13(16)2)14-5-7-15(20-3)8-6-14/h5-9,11-12,17,19H,4,10H2,1-3H3. The van der Waals surface area contributed by atoms with Gasteiger partial charge in [-0.1, -0.05) is 19.1 Å². The number of nitrogens with zero attached hydrogens (tertiary/aromatic N) is 1. The number of hydrogen-bond donors (Lipinski definition) is 1. The molecule has 0 aliphatic carbocycles. The predicted molar refractivity (Wildman–Crippen MR) is 87.3 cm³/mol. The molecule has 0 bridgehead atoms. The maximum Gasteiger partial charge on any atom is 0.0594 e.